The van der Waals surface area contributed by atoms with Crippen molar-refractivity contribution in [3.05, 3.63) is 34.9 Å². The van der Waals surface area contributed by atoms with Gasteiger partial charge < -0.3 is 15.7 Å². The molecule has 126 valence electrons. The van der Waals surface area contributed by atoms with Crippen LogP contribution >= 0.6 is 23.4 Å². The summed E-state index contributed by atoms with van der Waals surface area (Å²) in [6.45, 7) is 0.0197. The van der Waals surface area contributed by atoms with Gasteiger partial charge in [-0.1, -0.05) is 23.7 Å². The summed E-state index contributed by atoms with van der Waals surface area (Å²) in [7, 11) is 0. The highest BCUT2D eigenvalue weighted by atomic mass is 35.5. The second kappa shape index (κ2) is 10.1. The number of hydrogen-bond acceptors (Lipinski definition) is 4. The number of carboxylic acid groups (broad SMARTS) is 1. The normalized spacial score (nSPS) is 11.6. The highest BCUT2D eigenvalue weighted by Gasteiger charge is 2.21. The van der Waals surface area contributed by atoms with Crippen molar-refractivity contribution < 1.29 is 19.5 Å². The molecule has 1 unspecified atom stereocenters. The summed E-state index contributed by atoms with van der Waals surface area (Å²) >= 11 is 7.52. The molecule has 0 saturated heterocycles. The third-order valence-corrected chi connectivity index (χ3v) is 3.96. The van der Waals surface area contributed by atoms with E-state index in [1.807, 2.05) is 6.26 Å². The van der Waals surface area contributed by atoms with Gasteiger partial charge in [0.05, 0.1) is 17.0 Å². The fraction of sp³-hybridized carbons (Fsp3) is 0.400. The Morgan fingerprint density at radius 3 is 2.61 bits per heavy atom. The van der Waals surface area contributed by atoms with Gasteiger partial charge in [-0.2, -0.15) is 11.8 Å². The summed E-state index contributed by atoms with van der Waals surface area (Å²) in [5.41, 5.74) is 0.293. The van der Waals surface area contributed by atoms with Gasteiger partial charge in [-0.15, -0.1) is 0 Å². The molecule has 23 heavy (non-hydrogen) atoms. The average Bonchev–Trinajstić information content (AvgIpc) is 2.51. The van der Waals surface area contributed by atoms with Crippen LogP contribution in [0.15, 0.2) is 24.3 Å². The Balaban J connectivity index is 2.69. The van der Waals surface area contributed by atoms with E-state index in [0.29, 0.717) is 22.8 Å². The Hall–Kier alpha value is -1.73. The lowest BCUT2D eigenvalue weighted by Gasteiger charge is -2.18. The van der Waals surface area contributed by atoms with Crippen molar-refractivity contribution in [1.82, 2.24) is 10.6 Å². The zero-order valence-corrected chi connectivity index (χ0v) is 14.2. The lowest BCUT2D eigenvalue weighted by Crippen LogP contribution is -2.47. The highest BCUT2D eigenvalue weighted by Crippen LogP contribution is 2.15. The van der Waals surface area contributed by atoms with Gasteiger partial charge in [-0.3, -0.25) is 14.4 Å². The van der Waals surface area contributed by atoms with Crippen molar-refractivity contribution in [3.63, 3.8) is 0 Å². The molecule has 0 fully saturated rings. The molecule has 2 amide bonds. The molecule has 1 aromatic rings. The Kier molecular flexibility index (Phi) is 8.50. The molecule has 0 aromatic heterocycles. The van der Waals surface area contributed by atoms with Gasteiger partial charge in [-0.25, -0.2) is 0 Å². The van der Waals surface area contributed by atoms with Crippen molar-refractivity contribution in [2.75, 3.05) is 18.6 Å². The second-order valence-corrected chi connectivity index (χ2v) is 6.11. The Bertz CT molecular complexity index is 568. The van der Waals surface area contributed by atoms with Crippen LogP contribution in [-0.4, -0.2) is 47.5 Å². The van der Waals surface area contributed by atoms with Gasteiger partial charge in [0.2, 0.25) is 5.91 Å². The summed E-state index contributed by atoms with van der Waals surface area (Å²) in [5.74, 6) is -1.15. The minimum absolute atomic E-state index is 0.0197. The quantitative estimate of drug-likeness (QED) is 0.625. The number of carbonyl (C=O) groups excluding carboxylic acids is 2. The summed E-state index contributed by atoms with van der Waals surface area (Å²) in [6, 6.07) is 5.83. The molecule has 1 atom stereocenters. The number of aliphatic carboxylic acids is 1. The average molecular weight is 359 g/mol. The van der Waals surface area contributed by atoms with Crippen LogP contribution in [-0.2, 0) is 9.59 Å². The maximum absolute atomic E-state index is 12.2. The van der Waals surface area contributed by atoms with E-state index in [1.54, 1.807) is 36.0 Å². The van der Waals surface area contributed by atoms with Crippen molar-refractivity contribution in [2.45, 2.75) is 18.9 Å². The molecule has 0 spiro atoms. The minimum atomic E-state index is -0.994. The van der Waals surface area contributed by atoms with Crippen molar-refractivity contribution in [3.8, 4) is 0 Å². The fourth-order valence-corrected chi connectivity index (χ4v) is 2.49. The Morgan fingerprint density at radius 2 is 2.00 bits per heavy atom. The van der Waals surface area contributed by atoms with Gasteiger partial charge in [0.15, 0.2) is 0 Å². The third-order valence-electron chi connectivity index (χ3n) is 2.99. The van der Waals surface area contributed by atoms with Gasteiger partial charge in [-0.05, 0) is 30.6 Å². The molecule has 6 nitrogen and oxygen atoms in total. The number of amides is 2. The van der Waals surface area contributed by atoms with E-state index in [2.05, 4.69) is 10.6 Å². The molecule has 3 N–H and O–H groups in total. The zero-order valence-electron chi connectivity index (χ0n) is 12.7. The number of carboxylic acids is 1. The maximum atomic E-state index is 12.2. The van der Waals surface area contributed by atoms with Crippen LogP contribution in [0.1, 0.15) is 23.2 Å². The summed E-state index contributed by atoms with van der Waals surface area (Å²) in [4.78, 5) is 34.9. The van der Waals surface area contributed by atoms with E-state index in [9.17, 15) is 14.4 Å². The number of rotatable bonds is 9. The second-order valence-electron chi connectivity index (χ2n) is 4.72. The van der Waals surface area contributed by atoms with Crippen LogP contribution in [0, 0.1) is 0 Å². The molecular weight excluding hydrogens is 340 g/mol. The van der Waals surface area contributed by atoms with E-state index in [-0.39, 0.29) is 13.0 Å². The third kappa shape index (κ3) is 6.92. The van der Waals surface area contributed by atoms with Crippen molar-refractivity contribution in [2.24, 2.45) is 0 Å². The van der Waals surface area contributed by atoms with Crippen LogP contribution in [0.25, 0.3) is 0 Å². The maximum Gasteiger partial charge on any atom is 0.305 e. The fourth-order valence-electron chi connectivity index (χ4n) is 1.80. The van der Waals surface area contributed by atoms with Crippen LogP contribution in [0.2, 0.25) is 5.02 Å². The molecule has 1 aromatic carbocycles. The largest absolute Gasteiger partial charge is 0.481 e. The molecule has 0 aliphatic carbocycles. The number of halogens is 1. The van der Waals surface area contributed by atoms with Crippen LogP contribution in [0.5, 0.6) is 0 Å². The first-order valence-corrected chi connectivity index (χ1v) is 8.76. The molecular formula is C15H19ClN2O4S. The molecule has 0 aliphatic rings. The molecule has 0 heterocycles. The van der Waals surface area contributed by atoms with E-state index in [1.165, 1.54) is 0 Å². The number of carbonyl (C=O) groups is 3. The molecule has 0 aliphatic heterocycles. The molecule has 0 bridgehead atoms. The SMILES string of the molecule is CSCCC(NC(=O)c1ccccc1Cl)C(=O)NCCC(=O)O. The standard InChI is InChI=1S/C15H19ClN2O4S/c1-23-9-7-12(15(22)17-8-6-13(19)20)18-14(21)10-4-2-3-5-11(10)16/h2-5,12H,6-9H2,1H3,(H,17,22)(H,18,21)(H,19,20). The zero-order chi connectivity index (χ0) is 17.2. The Labute approximate surface area is 144 Å². The van der Waals surface area contributed by atoms with Gasteiger partial charge >= 0.3 is 5.97 Å². The number of benzene rings is 1. The van der Waals surface area contributed by atoms with Gasteiger partial charge in [0.1, 0.15) is 6.04 Å². The first-order valence-electron chi connectivity index (χ1n) is 6.99. The molecule has 8 heteroatoms. The first kappa shape index (κ1) is 19.3. The topological polar surface area (TPSA) is 95.5 Å². The van der Waals surface area contributed by atoms with Gasteiger partial charge in [0, 0.05) is 6.54 Å². The number of nitrogens with one attached hydrogen (secondary N) is 2. The number of hydrogen-bond donors (Lipinski definition) is 3. The van der Waals surface area contributed by atoms with Crippen molar-refractivity contribution in [1.29, 1.82) is 0 Å². The molecule has 0 saturated carbocycles. The Morgan fingerprint density at radius 1 is 1.30 bits per heavy atom. The summed E-state index contributed by atoms with van der Waals surface area (Å²) in [5, 5.41) is 14.1. The van der Waals surface area contributed by atoms with E-state index < -0.39 is 23.8 Å². The smallest absolute Gasteiger partial charge is 0.305 e. The first-order chi connectivity index (χ1) is 11.0. The van der Waals surface area contributed by atoms with E-state index >= 15 is 0 Å². The van der Waals surface area contributed by atoms with Crippen LogP contribution < -0.4 is 10.6 Å². The predicted octanol–water partition coefficient (Wildman–Crippen LogP) is 1.78. The van der Waals surface area contributed by atoms with Crippen molar-refractivity contribution >= 4 is 41.1 Å². The van der Waals surface area contributed by atoms with E-state index in [0.717, 1.165) is 0 Å². The number of thioether (sulfide) groups is 1. The molecule has 0 radical (unpaired) electrons. The van der Waals surface area contributed by atoms with E-state index in [4.69, 9.17) is 16.7 Å². The lowest BCUT2D eigenvalue weighted by atomic mass is 10.1. The highest BCUT2D eigenvalue weighted by molar-refractivity contribution is 7.98. The predicted molar refractivity (Wildman–Crippen MR) is 91.0 cm³/mol. The lowest BCUT2D eigenvalue weighted by molar-refractivity contribution is -0.137. The minimum Gasteiger partial charge on any atom is -0.481 e. The monoisotopic (exact) mass is 358 g/mol. The van der Waals surface area contributed by atoms with Crippen LogP contribution in [0.3, 0.4) is 0 Å². The summed E-state index contributed by atoms with van der Waals surface area (Å²) in [6.07, 6.45) is 2.17. The van der Waals surface area contributed by atoms with Crippen LogP contribution in [0.4, 0.5) is 0 Å². The van der Waals surface area contributed by atoms with Gasteiger partial charge in [0.25, 0.3) is 5.91 Å². The molecule has 1 rings (SSSR count). The summed E-state index contributed by atoms with van der Waals surface area (Å²) < 4.78 is 0.